The van der Waals surface area contributed by atoms with E-state index >= 15 is 0 Å². The van der Waals surface area contributed by atoms with Gasteiger partial charge < -0.3 is 9.84 Å². The first-order valence-electron chi connectivity index (χ1n) is 6.03. The number of aliphatic hydroxyl groups is 1. The zero-order valence-corrected chi connectivity index (χ0v) is 10.7. The van der Waals surface area contributed by atoms with Crippen LogP contribution in [-0.4, -0.2) is 44.6 Å². The van der Waals surface area contributed by atoms with Crippen molar-refractivity contribution in [1.82, 2.24) is 14.8 Å². The highest BCUT2D eigenvalue weighted by molar-refractivity contribution is 5.56. The summed E-state index contributed by atoms with van der Waals surface area (Å²) in [7, 11) is 0. The van der Waals surface area contributed by atoms with E-state index in [9.17, 15) is 10.1 Å². The molecule has 0 bridgehead atoms. The maximum absolute atomic E-state index is 10.6. The summed E-state index contributed by atoms with van der Waals surface area (Å²) >= 11 is 0. The number of nitro benzene ring substituents is 1. The fraction of sp³-hybridized carbons (Fsp3) is 0.333. The minimum Gasteiger partial charge on any atom is -0.394 e. The molecule has 0 spiro atoms. The Hall–Kier alpha value is -2.32. The monoisotopic (exact) mass is 278 g/mol. The number of hydrogen-bond acceptors (Lipinski definition) is 6. The van der Waals surface area contributed by atoms with Crippen molar-refractivity contribution in [1.29, 1.82) is 0 Å². The predicted octanol–water partition coefficient (Wildman–Crippen LogP) is 0.862. The number of benzene rings is 1. The van der Waals surface area contributed by atoms with Crippen molar-refractivity contribution in [2.45, 2.75) is 6.54 Å². The molecule has 1 N–H and O–H groups in total. The summed E-state index contributed by atoms with van der Waals surface area (Å²) < 4.78 is 6.75. The SMILES string of the molecule is O=[N+]([O-])c1ccc(-c2ncn(CCOCCO)n2)cc1. The third kappa shape index (κ3) is 3.59. The highest BCUT2D eigenvalue weighted by atomic mass is 16.6. The second-order valence-electron chi connectivity index (χ2n) is 3.97. The van der Waals surface area contributed by atoms with Gasteiger partial charge in [0.25, 0.3) is 5.69 Å². The first-order valence-corrected chi connectivity index (χ1v) is 6.03. The number of nitrogens with zero attached hydrogens (tertiary/aromatic N) is 4. The van der Waals surface area contributed by atoms with Crippen molar-refractivity contribution in [3.05, 3.63) is 40.7 Å². The molecule has 0 aliphatic carbocycles. The Morgan fingerprint density at radius 3 is 2.70 bits per heavy atom. The Morgan fingerprint density at radius 2 is 2.05 bits per heavy atom. The van der Waals surface area contributed by atoms with E-state index in [1.807, 2.05) is 0 Å². The van der Waals surface area contributed by atoms with Crippen LogP contribution in [0.2, 0.25) is 0 Å². The summed E-state index contributed by atoms with van der Waals surface area (Å²) in [6.07, 6.45) is 1.57. The number of hydrogen-bond donors (Lipinski definition) is 1. The molecule has 0 unspecified atom stereocenters. The van der Waals surface area contributed by atoms with Gasteiger partial charge in [-0.2, -0.15) is 5.10 Å². The number of rotatable bonds is 7. The number of aromatic nitrogens is 3. The minimum atomic E-state index is -0.450. The molecule has 0 fully saturated rings. The van der Waals surface area contributed by atoms with Crippen LogP contribution in [0.3, 0.4) is 0 Å². The van der Waals surface area contributed by atoms with Crippen molar-refractivity contribution in [3.63, 3.8) is 0 Å². The van der Waals surface area contributed by atoms with Crippen LogP contribution in [0.5, 0.6) is 0 Å². The molecule has 0 aliphatic rings. The lowest BCUT2D eigenvalue weighted by atomic mass is 10.2. The number of aliphatic hydroxyl groups excluding tert-OH is 1. The van der Waals surface area contributed by atoms with Gasteiger partial charge in [0, 0.05) is 17.7 Å². The number of non-ortho nitro benzene ring substituents is 1. The molecule has 2 aromatic rings. The average Bonchev–Trinajstić information content (AvgIpc) is 2.92. The molecule has 1 aromatic heterocycles. The van der Waals surface area contributed by atoms with E-state index in [-0.39, 0.29) is 12.3 Å². The molecule has 0 amide bonds. The second-order valence-corrected chi connectivity index (χ2v) is 3.97. The van der Waals surface area contributed by atoms with Gasteiger partial charge in [-0.05, 0) is 12.1 Å². The Morgan fingerprint density at radius 1 is 1.30 bits per heavy atom. The van der Waals surface area contributed by atoms with Crippen LogP contribution in [0.1, 0.15) is 0 Å². The molecule has 0 aliphatic heterocycles. The molecule has 1 heterocycles. The van der Waals surface area contributed by atoms with E-state index in [1.165, 1.54) is 12.1 Å². The summed E-state index contributed by atoms with van der Waals surface area (Å²) in [4.78, 5) is 14.2. The predicted molar refractivity (Wildman–Crippen MR) is 70.0 cm³/mol. The summed E-state index contributed by atoms with van der Waals surface area (Å²) in [6.45, 7) is 1.25. The van der Waals surface area contributed by atoms with Gasteiger partial charge in [0.05, 0.1) is 31.3 Å². The lowest BCUT2D eigenvalue weighted by Gasteiger charge is -2.01. The maximum Gasteiger partial charge on any atom is 0.269 e. The third-order valence-corrected chi connectivity index (χ3v) is 2.57. The van der Waals surface area contributed by atoms with Crippen molar-refractivity contribution in [3.8, 4) is 11.4 Å². The van der Waals surface area contributed by atoms with Crippen LogP contribution in [0.15, 0.2) is 30.6 Å². The Kier molecular flexibility index (Phi) is 4.75. The Bertz CT molecular complexity index is 567. The highest BCUT2D eigenvalue weighted by Crippen LogP contribution is 2.18. The van der Waals surface area contributed by atoms with Crippen LogP contribution in [0.25, 0.3) is 11.4 Å². The standard InChI is InChI=1S/C12H14N4O4/c17-6-8-20-7-5-15-9-13-12(14-15)10-1-3-11(4-2-10)16(18)19/h1-4,9,17H,5-8H2. The lowest BCUT2D eigenvalue weighted by molar-refractivity contribution is -0.384. The molecule has 106 valence electrons. The maximum atomic E-state index is 10.6. The van der Waals surface area contributed by atoms with E-state index in [4.69, 9.17) is 9.84 Å². The van der Waals surface area contributed by atoms with Crippen LogP contribution in [0, 0.1) is 10.1 Å². The van der Waals surface area contributed by atoms with Gasteiger partial charge in [-0.15, -0.1) is 0 Å². The Balaban J connectivity index is 1.99. The van der Waals surface area contributed by atoms with Crippen LogP contribution in [-0.2, 0) is 11.3 Å². The molecule has 2 rings (SSSR count). The molecule has 1 aromatic carbocycles. The number of ether oxygens (including phenoxy) is 1. The Labute approximate surface area is 114 Å². The van der Waals surface area contributed by atoms with Gasteiger partial charge in [0.15, 0.2) is 5.82 Å². The van der Waals surface area contributed by atoms with E-state index < -0.39 is 4.92 Å². The first kappa shape index (κ1) is 14.1. The molecular weight excluding hydrogens is 264 g/mol. The molecule has 0 saturated carbocycles. The number of nitro groups is 1. The van der Waals surface area contributed by atoms with Gasteiger partial charge in [-0.25, -0.2) is 4.98 Å². The van der Waals surface area contributed by atoms with E-state index in [0.29, 0.717) is 31.1 Å². The van der Waals surface area contributed by atoms with Gasteiger partial charge in [-0.1, -0.05) is 0 Å². The summed E-state index contributed by atoms with van der Waals surface area (Å²) in [5.74, 6) is 0.502. The van der Waals surface area contributed by atoms with Crippen molar-refractivity contribution >= 4 is 5.69 Å². The zero-order chi connectivity index (χ0) is 14.4. The molecule has 0 atom stereocenters. The topological polar surface area (TPSA) is 103 Å². The normalized spacial score (nSPS) is 10.7. The van der Waals surface area contributed by atoms with Crippen LogP contribution < -0.4 is 0 Å². The molecular formula is C12H14N4O4. The quantitative estimate of drug-likeness (QED) is 0.457. The highest BCUT2D eigenvalue weighted by Gasteiger charge is 2.08. The third-order valence-electron chi connectivity index (χ3n) is 2.57. The average molecular weight is 278 g/mol. The summed E-state index contributed by atoms with van der Waals surface area (Å²) in [5, 5.41) is 23.4. The van der Waals surface area contributed by atoms with E-state index in [0.717, 1.165) is 0 Å². The fourth-order valence-electron chi connectivity index (χ4n) is 1.59. The molecule has 20 heavy (non-hydrogen) atoms. The molecule has 0 radical (unpaired) electrons. The first-order chi connectivity index (χ1) is 9.70. The van der Waals surface area contributed by atoms with E-state index in [1.54, 1.807) is 23.1 Å². The van der Waals surface area contributed by atoms with Crippen molar-refractivity contribution in [2.24, 2.45) is 0 Å². The van der Waals surface area contributed by atoms with Crippen LogP contribution in [0.4, 0.5) is 5.69 Å². The van der Waals surface area contributed by atoms with Gasteiger partial charge in [0.1, 0.15) is 6.33 Å². The van der Waals surface area contributed by atoms with Gasteiger partial charge >= 0.3 is 0 Å². The zero-order valence-electron chi connectivity index (χ0n) is 10.7. The fourth-order valence-corrected chi connectivity index (χ4v) is 1.59. The van der Waals surface area contributed by atoms with Crippen molar-refractivity contribution < 1.29 is 14.8 Å². The molecule has 8 nitrogen and oxygen atoms in total. The smallest absolute Gasteiger partial charge is 0.269 e. The largest absolute Gasteiger partial charge is 0.394 e. The second kappa shape index (κ2) is 6.73. The molecule has 8 heteroatoms. The summed E-state index contributed by atoms with van der Waals surface area (Å²) in [5.41, 5.74) is 0.746. The summed E-state index contributed by atoms with van der Waals surface area (Å²) in [6, 6.07) is 6.06. The van der Waals surface area contributed by atoms with Crippen molar-refractivity contribution in [2.75, 3.05) is 19.8 Å². The van der Waals surface area contributed by atoms with E-state index in [2.05, 4.69) is 10.1 Å². The molecule has 0 saturated heterocycles. The van der Waals surface area contributed by atoms with Gasteiger partial charge in [0.2, 0.25) is 0 Å². The lowest BCUT2D eigenvalue weighted by Crippen LogP contribution is -2.08. The van der Waals surface area contributed by atoms with Gasteiger partial charge in [-0.3, -0.25) is 14.8 Å². The van der Waals surface area contributed by atoms with Crippen LogP contribution >= 0.6 is 0 Å². The minimum absolute atomic E-state index is 0.00853.